The Kier molecular flexibility index (Phi) is 10.3. The van der Waals surface area contributed by atoms with Crippen molar-refractivity contribution in [3.8, 4) is 0 Å². The average Bonchev–Trinajstić information content (AvgIpc) is 3.51. The molecule has 0 amide bonds. The van der Waals surface area contributed by atoms with E-state index in [1.54, 1.807) is 23.7 Å². The van der Waals surface area contributed by atoms with Gasteiger partial charge in [0.15, 0.2) is 0 Å². The van der Waals surface area contributed by atoms with Gasteiger partial charge in [-0.1, -0.05) is 18.2 Å². The van der Waals surface area contributed by atoms with Crippen molar-refractivity contribution in [2.24, 2.45) is 0 Å². The van der Waals surface area contributed by atoms with Crippen molar-refractivity contribution < 1.29 is 54.6 Å². The first-order valence-corrected chi connectivity index (χ1v) is 12.8. The summed E-state index contributed by atoms with van der Waals surface area (Å²) in [5.74, 6) is -5.51. The van der Waals surface area contributed by atoms with Gasteiger partial charge >= 0.3 is 24.3 Å². The predicted octanol–water partition coefficient (Wildman–Crippen LogP) is 3.61. The maximum atomic E-state index is 12.8. The van der Waals surface area contributed by atoms with E-state index in [4.69, 9.17) is 19.8 Å². The fraction of sp³-hybridized carbons (Fsp3) is 0.333. The predicted molar refractivity (Wildman–Crippen MR) is 124 cm³/mol. The number of rotatable bonds is 4. The van der Waals surface area contributed by atoms with Gasteiger partial charge in [0.1, 0.15) is 4.21 Å². The Morgan fingerprint density at radius 1 is 0.921 bits per heavy atom. The number of carbonyl (C=O) groups is 2. The number of carboxylic acids is 2. The number of alkyl halides is 6. The Labute approximate surface area is 215 Å². The Morgan fingerprint density at radius 3 is 1.95 bits per heavy atom. The van der Waals surface area contributed by atoms with E-state index in [9.17, 15) is 34.8 Å². The summed E-state index contributed by atoms with van der Waals surface area (Å²) in [5.41, 5.74) is 1.92. The van der Waals surface area contributed by atoms with Crippen LogP contribution >= 0.6 is 11.3 Å². The van der Waals surface area contributed by atoms with Crippen molar-refractivity contribution in [1.82, 2.24) is 14.2 Å². The smallest absolute Gasteiger partial charge is 0.475 e. The van der Waals surface area contributed by atoms with Crippen LogP contribution in [0.3, 0.4) is 0 Å². The summed E-state index contributed by atoms with van der Waals surface area (Å²) in [7, 11) is -3.52. The molecule has 38 heavy (non-hydrogen) atoms. The molecule has 3 heterocycles. The third-order valence-electron chi connectivity index (χ3n) is 4.88. The average molecular weight is 590 g/mol. The highest BCUT2D eigenvalue weighted by molar-refractivity contribution is 7.92. The van der Waals surface area contributed by atoms with Crippen LogP contribution in [0.2, 0.25) is 0 Å². The molecule has 1 aliphatic rings. The molecule has 17 heteroatoms. The summed E-state index contributed by atoms with van der Waals surface area (Å²) in [6, 6.07) is 11.2. The van der Waals surface area contributed by atoms with Gasteiger partial charge in [0, 0.05) is 44.3 Å². The van der Waals surface area contributed by atoms with Gasteiger partial charge in [0.05, 0.1) is 5.52 Å². The van der Waals surface area contributed by atoms with Crippen LogP contribution in [0, 0.1) is 0 Å². The van der Waals surface area contributed by atoms with Crippen LogP contribution in [-0.2, 0) is 26.2 Å². The van der Waals surface area contributed by atoms with Crippen molar-refractivity contribution in [1.29, 1.82) is 0 Å². The number of benzene rings is 1. The number of aromatic nitrogens is 1. The van der Waals surface area contributed by atoms with Gasteiger partial charge in [-0.2, -0.15) is 34.8 Å². The summed E-state index contributed by atoms with van der Waals surface area (Å²) in [6.07, 6.45) is -8.50. The molecular weight excluding hydrogens is 568 g/mol. The molecule has 9 nitrogen and oxygen atoms in total. The molecule has 0 saturated carbocycles. The molecule has 0 atom stereocenters. The number of nitrogens with one attached hydrogen (secondary N) is 1. The monoisotopic (exact) mass is 589 g/mol. The quantitative estimate of drug-likeness (QED) is 0.394. The van der Waals surface area contributed by atoms with Crippen molar-refractivity contribution in [2.45, 2.75) is 23.1 Å². The summed E-state index contributed by atoms with van der Waals surface area (Å²) in [5, 5.41) is 20.4. The molecule has 0 bridgehead atoms. The number of halogens is 6. The SMILES string of the molecule is O=C(O)C(F)(F)F.O=C(O)C(F)(F)F.O=S(=O)(c1cccs1)n1ccc2c(CN3CCNCC3)cccc21. The van der Waals surface area contributed by atoms with Gasteiger partial charge in [-0.05, 0) is 29.1 Å². The van der Waals surface area contributed by atoms with Gasteiger partial charge in [-0.25, -0.2) is 13.6 Å². The molecule has 0 unspecified atom stereocenters. The summed E-state index contributed by atoms with van der Waals surface area (Å²) in [6.45, 7) is 4.89. The van der Waals surface area contributed by atoms with E-state index in [2.05, 4.69) is 16.3 Å². The first kappa shape index (κ1) is 31.1. The zero-order valence-electron chi connectivity index (χ0n) is 19.2. The minimum atomic E-state index is -5.08. The second kappa shape index (κ2) is 12.6. The van der Waals surface area contributed by atoms with Gasteiger partial charge in [0.2, 0.25) is 0 Å². The molecular formula is C21H21F6N3O6S2. The largest absolute Gasteiger partial charge is 0.490 e. The van der Waals surface area contributed by atoms with E-state index in [1.807, 2.05) is 18.2 Å². The number of fused-ring (bicyclic) bond motifs is 1. The number of piperazine rings is 1. The van der Waals surface area contributed by atoms with Crippen LogP contribution in [0.4, 0.5) is 26.3 Å². The number of carboxylic acid groups (broad SMARTS) is 2. The van der Waals surface area contributed by atoms with Crippen LogP contribution in [0.1, 0.15) is 5.56 Å². The molecule has 0 radical (unpaired) electrons. The van der Waals surface area contributed by atoms with Crippen LogP contribution in [0.25, 0.3) is 10.9 Å². The van der Waals surface area contributed by atoms with Crippen molar-refractivity contribution in [2.75, 3.05) is 26.2 Å². The van der Waals surface area contributed by atoms with Gasteiger partial charge < -0.3 is 15.5 Å². The lowest BCUT2D eigenvalue weighted by Crippen LogP contribution is -2.42. The van der Waals surface area contributed by atoms with Crippen LogP contribution in [-0.4, -0.2) is 78.0 Å². The molecule has 2 aromatic heterocycles. The third kappa shape index (κ3) is 8.44. The minimum absolute atomic E-state index is 0.368. The Morgan fingerprint density at radius 2 is 1.47 bits per heavy atom. The highest BCUT2D eigenvalue weighted by Crippen LogP contribution is 2.27. The second-order valence-electron chi connectivity index (χ2n) is 7.53. The summed E-state index contributed by atoms with van der Waals surface area (Å²) < 4.78 is 90.9. The number of aliphatic carboxylic acids is 2. The molecule has 1 fully saturated rings. The Balaban J connectivity index is 0.000000301. The van der Waals surface area contributed by atoms with E-state index in [-0.39, 0.29) is 0 Å². The lowest BCUT2D eigenvalue weighted by molar-refractivity contribution is -0.193. The van der Waals surface area contributed by atoms with E-state index in [1.165, 1.54) is 20.9 Å². The number of hydrogen-bond acceptors (Lipinski definition) is 7. The fourth-order valence-corrected chi connectivity index (χ4v) is 5.60. The first-order chi connectivity index (χ1) is 17.5. The molecule has 4 rings (SSSR count). The summed E-state index contributed by atoms with van der Waals surface area (Å²) in [4.78, 5) is 20.2. The minimum Gasteiger partial charge on any atom is -0.475 e. The molecule has 0 aliphatic carbocycles. The molecule has 0 spiro atoms. The van der Waals surface area contributed by atoms with E-state index in [0.29, 0.717) is 4.21 Å². The maximum Gasteiger partial charge on any atom is 0.490 e. The normalized spacial score (nSPS) is 14.7. The third-order valence-corrected chi connectivity index (χ3v) is 7.95. The lowest BCUT2D eigenvalue weighted by atomic mass is 10.1. The molecule has 3 N–H and O–H groups in total. The first-order valence-electron chi connectivity index (χ1n) is 10.5. The molecule has 1 aliphatic heterocycles. The zero-order valence-corrected chi connectivity index (χ0v) is 20.8. The number of nitrogens with zero attached hydrogens (tertiary/aromatic N) is 2. The zero-order chi connectivity index (χ0) is 28.7. The molecule has 1 aromatic carbocycles. The highest BCUT2D eigenvalue weighted by Gasteiger charge is 2.38. The Bertz CT molecular complexity index is 1310. The summed E-state index contributed by atoms with van der Waals surface area (Å²) >= 11 is 1.25. The van der Waals surface area contributed by atoms with Gasteiger partial charge in [-0.15, -0.1) is 11.3 Å². The molecule has 3 aromatic rings. The van der Waals surface area contributed by atoms with Crippen LogP contribution in [0.15, 0.2) is 52.2 Å². The number of hydrogen-bond donors (Lipinski definition) is 3. The Hall–Kier alpha value is -3.15. The fourth-order valence-electron chi connectivity index (χ4n) is 3.17. The van der Waals surface area contributed by atoms with E-state index < -0.39 is 34.3 Å². The van der Waals surface area contributed by atoms with Gasteiger partial charge in [0.25, 0.3) is 10.0 Å². The van der Waals surface area contributed by atoms with Crippen LogP contribution < -0.4 is 5.32 Å². The van der Waals surface area contributed by atoms with Crippen molar-refractivity contribution in [3.63, 3.8) is 0 Å². The standard InChI is InChI=1S/C17H19N3O2S2.2C2HF3O2/c21-24(22,17-5-2-12-23-17)20-9-6-15-14(3-1-4-16(15)20)13-19-10-7-18-8-11-19;2*3-2(4,5)1(6)7/h1-6,9,12,18H,7-8,10-11,13H2;2*(H,6,7). The molecule has 1 saturated heterocycles. The van der Waals surface area contributed by atoms with Crippen molar-refractivity contribution in [3.05, 3.63) is 53.5 Å². The molecule has 210 valence electrons. The van der Waals surface area contributed by atoms with Gasteiger partial charge in [-0.3, -0.25) is 4.90 Å². The van der Waals surface area contributed by atoms with Crippen LogP contribution in [0.5, 0.6) is 0 Å². The van der Waals surface area contributed by atoms with E-state index >= 15 is 0 Å². The van der Waals surface area contributed by atoms with E-state index in [0.717, 1.165) is 43.6 Å². The van der Waals surface area contributed by atoms with Crippen molar-refractivity contribution >= 4 is 44.2 Å². The topological polar surface area (TPSA) is 129 Å². The number of thiophene rings is 1. The lowest BCUT2D eigenvalue weighted by Gasteiger charge is -2.27. The maximum absolute atomic E-state index is 12.8. The second-order valence-corrected chi connectivity index (χ2v) is 10.5. The highest BCUT2D eigenvalue weighted by atomic mass is 32.2.